The molecule has 0 fully saturated rings. The van der Waals surface area contributed by atoms with E-state index in [1.807, 2.05) is 42.5 Å². The lowest BCUT2D eigenvalue weighted by Gasteiger charge is -2.08. The number of halogens is 2. The van der Waals surface area contributed by atoms with Crippen molar-refractivity contribution in [2.24, 2.45) is 10.8 Å². The van der Waals surface area contributed by atoms with Crippen molar-refractivity contribution >= 4 is 44.1 Å². The van der Waals surface area contributed by atoms with Crippen LogP contribution in [0.15, 0.2) is 56.5 Å². The third-order valence-electron chi connectivity index (χ3n) is 2.68. The Kier molecular flexibility index (Phi) is 5.97. The third-order valence-corrected chi connectivity index (χ3v) is 3.91. The fourth-order valence-electron chi connectivity index (χ4n) is 1.62. The minimum absolute atomic E-state index is 0.463. The van der Waals surface area contributed by atoms with Crippen LogP contribution in [0.25, 0.3) is 0 Å². The fraction of sp³-hybridized carbons (Fsp3) is 0.0667. The first-order valence-electron chi connectivity index (χ1n) is 6.30. The molecule has 114 valence electrons. The number of benzene rings is 2. The summed E-state index contributed by atoms with van der Waals surface area (Å²) >= 11 is 6.91. The number of hydrogen-bond donors (Lipinski definition) is 2. The number of carbonyl (C=O) groups excluding carboxylic acids is 1. The average Bonchev–Trinajstić information content (AvgIpc) is 2.47. The first-order valence-corrected chi connectivity index (χ1v) is 7.88. The molecule has 0 aliphatic heterocycles. The summed E-state index contributed by atoms with van der Waals surface area (Å²) in [5.41, 5.74) is 8.92. The van der Waals surface area contributed by atoms with Crippen molar-refractivity contribution in [1.82, 2.24) is 5.43 Å². The van der Waals surface area contributed by atoms with Gasteiger partial charge in [-0.25, -0.2) is 10.2 Å². The standard InChI is InChI=1S/C15H13Br2N3O2/c16-12-4-3-11(14(17)7-12)9-22-13-5-1-10(2-6-13)8-19-20-15(18)21/h1-8H,9H2,(H3,18,20,21)/b19-8-. The predicted molar refractivity (Wildman–Crippen MR) is 92.9 cm³/mol. The second kappa shape index (κ2) is 7.95. The van der Waals surface area contributed by atoms with Crippen LogP contribution in [0.4, 0.5) is 4.79 Å². The molecule has 0 radical (unpaired) electrons. The van der Waals surface area contributed by atoms with Crippen molar-refractivity contribution in [3.8, 4) is 5.75 Å². The van der Waals surface area contributed by atoms with E-state index in [1.54, 1.807) is 0 Å². The van der Waals surface area contributed by atoms with Crippen LogP contribution >= 0.6 is 31.9 Å². The van der Waals surface area contributed by atoms with Crippen LogP contribution in [0.5, 0.6) is 5.75 Å². The summed E-state index contributed by atoms with van der Waals surface area (Å²) in [6, 6.07) is 12.6. The summed E-state index contributed by atoms with van der Waals surface area (Å²) in [7, 11) is 0. The number of nitrogens with zero attached hydrogens (tertiary/aromatic N) is 1. The van der Waals surface area contributed by atoms with Gasteiger partial charge in [0.1, 0.15) is 12.4 Å². The molecule has 3 N–H and O–H groups in total. The Labute approximate surface area is 144 Å². The quantitative estimate of drug-likeness (QED) is 0.563. The molecule has 2 aromatic rings. The predicted octanol–water partition coefficient (Wildman–Crippen LogP) is 3.79. The monoisotopic (exact) mass is 425 g/mol. The summed E-state index contributed by atoms with van der Waals surface area (Å²) in [5.74, 6) is 0.745. The molecule has 2 rings (SSSR count). The van der Waals surface area contributed by atoms with Crippen LogP contribution in [0.3, 0.4) is 0 Å². The van der Waals surface area contributed by atoms with Crippen LogP contribution in [-0.2, 0) is 6.61 Å². The minimum Gasteiger partial charge on any atom is -0.489 e. The zero-order chi connectivity index (χ0) is 15.9. The molecule has 0 atom stereocenters. The topological polar surface area (TPSA) is 76.7 Å². The maximum Gasteiger partial charge on any atom is 0.332 e. The highest BCUT2D eigenvalue weighted by molar-refractivity contribution is 9.11. The molecule has 0 bridgehead atoms. The largest absolute Gasteiger partial charge is 0.489 e. The highest BCUT2D eigenvalue weighted by atomic mass is 79.9. The molecular formula is C15H13Br2N3O2. The third kappa shape index (κ3) is 5.16. The van der Waals surface area contributed by atoms with Gasteiger partial charge in [-0.1, -0.05) is 37.9 Å². The Morgan fingerprint density at radius 2 is 1.95 bits per heavy atom. The van der Waals surface area contributed by atoms with Crippen molar-refractivity contribution in [2.45, 2.75) is 6.61 Å². The molecule has 22 heavy (non-hydrogen) atoms. The maximum absolute atomic E-state index is 10.5. The highest BCUT2D eigenvalue weighted by Gasteiger charge is 2.02. The smallest absolute Gasteiger partial charge is 0.332 e. The lowest BCUT2D eigenvalue weighted by atomic mass is 10.2. The van der Waals surface area contributed by atoms with Gasteiger partial charge in [0.05, 0.1) is 6.21 Å². The van der Waals surface area contributed by atoms with Gasteiger partial charge in [0.2, 0.25) is 0 Å². The summed E-state index contributed by atoms with van der Waals surface area (Å²) in [6.07, 6.45) is 1.50. The molecule has 0 aliphatic carbocycles. The number of ether oxygens (including phenoxy) is 1. The molecular weight excluding hydrogens is 414 g/mol. The summed E-state index contributed by atoms with van der Waals surface area (Å²) in [5, 5.41) is 3.68. The number of primary amides is 1. The zero-order valence-electron chi connectivity index (χ0n) is 11.4. The molecule has 2 amide bonds. The number of nitrogens with one attached hydrogen (secondary N) is 1. The maximum atomic E-state index is 10.5. The van der Waals surface area contributed by atoms with Crippen LogP contribution in [0.2, 0.25) is 0 Å². The van der Waals surface area contributed by atoms with Crippen molar-refractivity contribution in [1.29, 1.82) is 0 Å². The normalized spacial score (nSPS) is 10.6. The van der Waals surface area contributed by atoms with E-state index in [9.17, 15) is 4.79 Å². The molecule has 0 aromatic heterocycles. The van der Waals surface area contributed by atoms with Gasteiger partial charge in [0.25, 0.3) is 0 Å². The number of nitrogens with two attached hydrogens (primary N) is 1. The first-order chi connectivity index (χ1) is 10.5. The SMILES string of the molecule is NC(=O)N/N=C\c1ccc(OCc2ccc(Br)cc2Br)cc1. The summed E-state index contributed by atoms with van der Waals surface area (Å²) in [6.45, 7) is 0.463. The number of hydrogen-bond acceptors (Lipinski definition) is 3. The molecule has 0 heterocycles. The second-order valence-electron chi connectivity index (χ2n) is 4.33. The Morgan fingerprint density at radius 1 is 1.23 bits per heavy atom. The Hall–Kier alpha value is -1.86. The number of hydrazone groups is 1. The summed E-state index contributed by atoms with van der Waals surface area (Å²) in [4.78, 5) is 10.5. The fourth-order valence-corrected chi connectivity index (χ4v) is 2.78. The Bertz CT molecular complexity index is 688. The molecule has 0 spiro atoms. The van der Waals surface area contributed by atoms with E-state index in [0.29, 0.717) is 6.61 Å². The number of carbonyl (C=O) groups is 1. The van der Waals surface area contributed by atoms with E-state index >= 15 is 0 Å². The Morgan fingerprint density at radius 3 is 2.59 bits per heavy atom. The number of amides is 2. The van der Waals surface area contributed by atoms with Crippen LogP contribution in [0.1, 0.15) is 11.1 Å². The first kappa shape index (κ1) is 16.5. The van der Waals surface area contributed by atoms with Crippen LogP contribution in [-0.4, -0.2) is 12.2 Å². The van der Waals surface area contributed by atoms with Gasteiger partial charge in [-0.3, -0.25) is 0 Å². The van der Waals surface area contributed by atoms with Gasteiger partial charge < -0.3 is 10.5 Å². The van der Waals surface area contributed by atoms with Crippen molar-refractivity contribution in [3.63, 3.8) is 0 Å². The van der Waals surface area contributed by atoms with E-state index in [-0.39, 0.29) is 0 Å². The molecule has 7 heteroatoms. The zero-order valence-corrected chi connectivity index (χ0v) is 14.6. The van der Waals surface area contributed by atoms with Crippen molar-refractivity contribution in [3.05, 3.63) is 62.5 Å². The molecule has 0 unspecified atom stereocenters. The van der Waals surface area contributed by atoms with Gasteiger partial charge in [-0.05, 0) is 42.0 Å². The van der Waals surface area contributed by atoms with Gasteiger partial charge in [-0.2, -0.15) is 5.10 Å². The molecule has 0 aliphatic rings. The molecule has 0 saturated heterocycles. The minimum atomic E-state index is -0.698. The van der Waals surface area contributed by atoms with E-state index in [2.05, 4.69) is 42.4 Å². The Balaban J connectivity index is 1.93. The van der Waals surface area contributed by atoms with Gasteiger partial charge >= 0.3 is 6.03 Å². The van der Waals surface area contributed by atoms with E-state index in [4.69, 9.17) is 10.5 Å². The molecule has 2 aromatic carbocycles. The second-order valence-corrected chi connectivity index (χ2v) is 6.10. The summed E-state index contributed by atoms with van der Waals surface area (Å²) < 4.78 is 7.73. The van der Waals surface area contributed by atoms with Crippen molar-refractivity contribution < 1.29 is 9.53 Å². The highest BCUT2D eigenvalue weighted by Crippen LogP contribution is 2.23. The van der Waals surface area contributed by atoms with E-state index in [0.717, 1.165) is 25.8 Å². The van der Waals surface area contributed by atoms with Crippen LogP contribution < -0.4 is 15.9 Å². The molecule has 5 nitrogen and oxygen atoms in total. The van der Waals surface area contributed by atoms with Crippen LogP contribution in [0, 0.1) is 0 Å². The van der Waals surface area contributed by atoms with E-state index in [1.165, 1.54) is 6.21 Å². The van der Waals surface area contributed by atoms with Gasteiger partial charge in [-0.15, -0.1) is 0 Å². The van der Waals surface area contributed by atoms with Gasteiger partial charge in [0, 0.05) is 14.5 Å². The van der Waals surface area contributed by atoms with E-state index < -0.39 is 6.03 Å². The average molecular weight is 427 g/mol. The lowest BCUT2D eigenvalue weighted by Crippen LogP contribution is -2.24. The number of urea groups is 1. The van der Waals surface area contributed by atoms with Gasteiger partial charge in [0.15, 0.2) is 0 Å². The lowest BCUT2D eigenvalue weighted by molar-refractivity contribution is 0.249. The number of rotatable bonds is 5. The van der Waals surface area contributed by atoms with Crippen molar-refractivity contribution in [2.75, 3.05) is 0 Å². The molecule has 0 saturated carbocycles.